The lowest BCUT2D eigenvalue weighted by Crippen LogP contribution is -2.28. The van der Waals surface area contributed by atoms with Crippen molar-refractivity contribution in [1.29, 1.82) is 0 Å². The van der Waals surface area contributed by atoms with Gasteiger partial charge in [-0.05, 0) is 36.8 Å². The van der Waals surface area contributed by atoms with Gasteiger partial charge < -0.3 is 15.2 Å². The van der Waals surface area contributed by atoms with Gasteiger partial charge in [0, 0.05) is 18.0 Å². The van der Waals surface area contributed by atoms with Crippen molar-refractivity contribution in [1.82, 2.24) is 10.5 Å². The number of nitrogens with zero attached hydrogens (tertiary/aromatic N) is 1. The summed E-state index contributed by atoms with van der Waals surface area (Å²) in [6, 6.07) is 14.7. The lowest BCUT2D eigenvalue weighted by molar-refractivity contribution is -0.121. The Morgan fingerprint density at radius 3 is 2.76 bits per heavy atom. The molecule has 128 valence electrons. The molecule has 2 aromatic carbocycles. The van der Waals surface area contributed by atoms with Crippen molar-refractivity contribution in [3.8, 4) is 0 Å². The summed E-state index contributed by atoms with van der Waals surface area (Å²) in [5.74, 6) is -0.275. The number of benzene rings is 2. The number of hydrogen-bond donors (Lipinski definition) is 2. The van der Waals surface area contributed by atoms with Gasteiger partial charge in [-0.15, -0.1) is 0 Å². The molecule has 1 atom stereocenters. The largest absolute Gasteiger partial charge is 0.356 e. The van der Waals surface area contributed by atoms with Gasteiger partial charge in [0.05, 0.1) is 12.5 Å². The van der Waals surface area contributed by atoms with Crippen LogP contribution in [0.5, 0.6) is 0 Å². The topological polar surface area (TPSA) is 84.2 Å². The van der Waals surface area contributed by atoms with E-state index in [2.05, 4.69) is 15.8 Å². The molecule has 25 heavy (non-hydrogen) atoms. The molecule has 0 spiro atoms. The van der Waals surface area contributed by atoms with E-state index in [-0.39, 0.29) is 24.3 Å². The van der Waals surface area contributed by atoms with Crippen LogP contribution in [0.25, 0.3) is 11.0 Å². The van der Waals surface area contributed by atoms with Crippen molar-refractivity contribution in [2.24, 2.45) is 0 Å². The predicted molar refractivity (Wildman–Crippen MR) is 95.0 cm³/mol. The molecule has 0 aliphatic rings. The zero-order chi connectivity index (χ0) is 17.8. The zero-order valence-corrected chi connectivity index (χ0v) is 14.1. The van der Waals surface area contributed by atoms with Crippen molar-refractivity contribution >= 4 is 28.5 Å². The zero-order valence-electron chi connectivity index (χ0n) is 14.1. The summed E-state index contributed by atoms with van der Waals surface area (Å²) in [7, 11) is 0. The highest BCUT2D eigenvalue weighted by Gasteiger charge is 2.15. The molecule has 1 heterocycles. The molecule has 3 aromatic rings. The molecular formula is C19H19N3O3. The summed E-state index contributed by atoms with van der Waals surface area (Å²) < 4.78 is 5.22. The molecule has 6 nitrogen and oxygen atoms in total. The molecule has 2 N–H and O–H groups in total. The third-order valence-electron chi connectivity index (χ3n) is 3.86. The van der Waals surface area contributed by atoms with Crippen LogP contribution in [-0.4, -0.2) is 17.0 Å². The average molecular weight is 337 g/mol. The van der Waals surface area contributed by atoms with Crippen molar-refractivity contribution < 1.29 is 14.1 Å². The van der Waals surface area contributed by atoms with E-state index in [1.165, 1.54) is 6.92 Å². The molecular weight excluding hydrogens is 318 g/mol. The highest BCUT2D eigenvalue weighted by atomic mass is 16.5. The molecule has 2 amide bonds. The van der Waals surface area contributed by atoms with Crippen molar-refractivity contribution in [2.45, 2.75) is 26.3 Å². The Morgan fingerprint density at radius 2 is 1.96 bits per heavy atom. The first-order chi connectivity index (χ1) is 12.0. The van der Waals surface area contributed by atoms with Crippen LogP contribution >= 0.6 is 0 Å². The van der Waals surface area contributed by atoms with Crippen LogP contribution in [0.2, 0.25) is 0 Å². The van der Waals surface area contributed by atoms with Crippen molar-refractivity contribution in [2.75, 3.05) is 5.32 Å². The molecule has 0 saturated heterocycles. The Kier molecular flexibility index (Phi) is 4.79. The van der Waals surface area contributed by atoms with E-state index in [1.54, 1.807) is 6.07 Å². The lowest BCUT2D eigenvalue weighted by Gasteiger charge is -2.15. The van der Waals surface area contributed by atoms with E-state index in [0.29, 0.717) is 17.0 Å². The Morgan fingerprint density at radius 1 is 1.16 bits per heavy atom. The van der Waals surface area contributed by atoms with Crippen LogP contribution in [0.1, 0.15) is 31.1 Å². The van der Waals surface area contributed by atoms with Crippen LogP contribution in [-0.2, 0) is 16.0 Å². The quantitative estimate of drug-likeness (QED) is 0.749. The first kappa shape index (κ1) is 16.7. The average Bonchev–Trinajstić information content (AvgIpc) is 2.97. The summed E-state index contributed by atoms with van der Waals surface area (Å²) in [6.45, 7) is 3.35. The second-order valence-electron chi connectivity index (χ2n) is 5.90. The van der Waals surface area contributed by atoms with E-state index in [9.17, 15) is 9.59 Å². The fraction of sp³-hybridized carbons (Fsp3) is 0.211. The third kappa shape index (κ3) is 4.03. The molecule has 0 bridgehead atoms. The summed E-state index contributed by atoms with van der Waals surface area (Å²) >= 11 is 0. The van der Waals surface area contributed by atoms with E-state index < -0.39 is 0 Å². The second-order valence-corrected chi connectivity index (χ2v) is 5.90. The minimum atomic E-state index is -0.195. The molecule has 1 aromatic heterocycles. The minimum Gasteiger partial charge on any atom is -0.356 e. The Balaban J connectivity index is 1.67. The smallest absolute Gasteiger partial charge is 0.226 e. The third-order valence-corrected chi connectivity index (χ3v) is 3.86. The van der Waals surface area contributed by atoms with Crippen LogP contribution in [0.3, 0.4) is 0 Å². The number of aromatic nitrogens is 1. The number of carbonyl (C=O) groups excluding carboxylic acids is 2. The number of rotatable bonds is 5. The van der Waals surface area contributed by atoms with E-state index in [4.69, 9.17) is 4.52 Å². The molecule has 0 aliphatic carbocycles. The maximum Gasteiger partial charge on any atom is 0.226 e. The summed E-state index contributed by atoms with van der Waals surface area (Å²) in [6.07, 6.45) is 0.146. The Labute approximate surface area is 145 Å². The summed E-state index contributed by atoms with van der Waals surface area (Å²) in [5, 5.41) is 10.5. The van der Waals surface area contributed by atoms with Gasteiger partial charge in [-0.1, -0.05) is 29.4 Å². The van der Waals surface area contributed by atoms with Gasteiger partial charge >= 0.3 is 0 Å². The highest BCUT2D eigenvalue weighted by molar-refractivity contribution is 5.89. The van der Waals surface area contributed by atoms with Gasteiger partial charge in [-0.3, -0.25) is 9.59 Å². The van der Waals surface area contributed by atoms with Crippen molar-refractivity contribution in [3.63, 3.8) is 0 Å². The normalized spacial score (nSPS) is 11.9. The first-order valence-electron chi connectivity index (χ1n) is 8.03. The molecule has 0 saturated carbocycles. The van der Waals surface area contributed by atoms with Crippen LogP contribution < -0.4 is 10.6 Å². The summed E-state index contributed by atoms with van der Waals surface area (Å²) in [5.41, 5.74) is 2.90. The SMILES string of the molecule is CC(=O)Nc1cccc(C(C)NC(=O)Cc2noc3ccccc23)c1. The number of carbonyl (C=O) groups is 2. The fourth-order valence-corrected chi connectivity index (χ4v) is 2.68. The van der Waals surface area contributed by atoms with Crippen molar-refractivity contribution in [3.05, 3.63) is 59.8 Å². The van der Waals surface area contributed by atoms with Gasteiger partial charge in [0.2, 0.25) is 11.8 Å². The maximum atomic E-state index is 12.3. The van der Waals surface area contributed by atoms with Crippen LogP contribution in [0.4, 0.5) is 5.69 Å². The van der Waals surface area contributed by atoms with E-state index >= 15 is 0 Å². The van der Waals surface area contributed by atoms with Gasteiger partial charge in [-0.2, -0.15) is 0 Å². The number of anilines is 1. The standard InChI is InChI=1S/C19H19N3O3/c1-12(14-6-5-7-15(10-14)21-13(2)23)20-19(24)11-17-16-8-3-4-9-18(16)25-22-17/h3-10,12H,11H2,1-2H3,(H,20,24)(H,21,23). The van der Waals surface area contributed by atoms with Crippen LogP contribution in [0, 0.1) is 0 Å². The number of hydrogen-bond acceptors (Lipinski definition) is 4. The van der Waals surface area contributed by atoms with Crippen LogP contribution in [0.15, 0.2) is 53.1 Å². The predicted octanol–water partition coefficient (Wildman–Crippen LogP) is 3.21. The summed E-state index contributed by atoms with van der Waals surface area (Å²) in [4.78, 5) is 23.5. The second kappa shape index (κ2) is 7.17. The molecule has 6 heteroatoms. The van der Waals surface area contributed by atoms with E-state index in [1.807, 2.05) is 49.4 Å². The molecule has 0 aliphatic heterocycles. The van der Waals surface area contributed by atoms with E-state index in [0.717, 1.165) is 10.9 Å². The Bertz CT molecular complexity index is 917. The van der Waals surface area contributed by atoms with Gasteiger partial charge in [0.15, 0.2) is 5.58 Å². The maximum absolute atomic E-state index is 12.3. The number of para-hydroxylation sites is 1. The molecule has 3 rings (SSSR count). The molecule has 1 unspecified atom stereocenters. The number of amides is 2. The highest BCUT2D eigenvalue weighted by Crippen LogP contribution is 2.20. The monoisotopic (exact) mass is 337 g/mol. The van der Waals surface area contributed by atoms with Gasteiger partial charge in [0.25, 0.3) is 0 Å². The fourth-order valence-electron chi connectivity index (χ4n) is 2.68. The van der Waals surface area contributed by atoms with Gasteiger partial charge in [0.1, 0.15) is 5.69 Å². The first-order valence-corrected chi connectivity index (χ1v) is 8.03. The van der Waals surface area contributed by atoms with Gasteiger partial charge in [-0.25, -0.2) is 0 Å². The number of fused-ring (bicyclic) bond motifs is 1. The lowest BCUT2D eigenvalue weighted by atomic mass is 10.1. The molecule has 0 radical (unpaired) electrons. The Hall–Kier alpha value is -3.15. The minimum absolute atomic E-state index is 0.133. The number of nitrogens with one attached hydrogen (secondary N) is 2. The molecule has 0 fully saturated rings.